The van der Waals surface area contributed by atoms with Crippen molar-refractivity contribution >= 4 is 16.9 Å². The number of aliphatic hydroxyl groups excluding tert-OH is 3. The lowest BCUT2D eigenvalue weighted by Gasteiger charge is -2.30. The van der Waals surface area contributed by atoms with Gasteiger partial charge in [0.25, 0.3) is 0 Å². The van der Waals surface area contributed by atoms with Gasteiger partial charge in [-0.25, -0.2) is 4.79 Å². The number of ether oxygens (including phenoxy) is 2. The second kappa shape index (κ2) is 13.1. The number of esters is 1. The molecule has 0 spiro atoms. The van der Waals surface area contributed by atoms with Crippen LogP contribution in [0.1, 0.15) is 23.7 Å². The second-order valence-corrected chi connectivity index (χ2v) is 10.1. The number of aliphatic hydroxyl groups is 3. The zero-order valence-corrected chi connectivity index (χ0v) is 23.6. The van der Waals surface area contributed by atoms with E-state index in [0.717, 1.165) is 24.3 Å². The minimum atomic E-state index is -1.92. The van der Waals surface area contributed by atoms with Crippen molar-refractivity contribution in [1.82, 2.24) is 0 Å². The van der Waals surface area contributed by atoms with Gasteiger partial charge >= 0.3 is 5.97 Å². The van der Waals surface area contributed by atoms with Gasteiger partial charge in [-0.3, -0.25) is 4.79 Å². The molecule has 0 bridgehead atoms. The number of hydrogen-bond donors (Lipinski definition) is 9. The summed E-state index contributed by atoms with van der Waals surface area (Å²) in [6.45, 7) is 4.60. The monoisotopic (exact) mass is 626 g/mol. The number of carbonyl (C=O) groups is 1. The van der Waals surface area contributed by atoms with Crippen LogP contribution in [0.4, 0.5) is 0 Å². The van der Waals surface area contributed by atoms with E-state index in [1.165, 1.54) is 31.2 Å². The number of phenols is 6. The second-order valence-electron chi connectivity index (χ2n) is 10.1. The van der Waals surface area contributed by atoms with Crippen LogP contribution in [0.15, 0.2) is 69.9 Å². The SMILES string of the molecule is C=C(CCOC(=O)c1cc(O)c(O)c(O)c1)[C@@H](Oc1c(-c2ccc(O)cc2)oc2cc(O)cc(O)c2c1=O)C(O)C(O)C(C)O. The van der Waals surface area contributed by atoms with Crippen molar-refractivity contribution in [1.29, 1.82) is 0 Å². The zero-order valence-electron chi connectivity index (χ0n) is 23.6. The van der Waals surface area contributed by atoms with Crippen molar-refractivity contribution in [3.63, 3.8) is 0 Å². The van der Waals surface area contributed by atoms with Crippen LogP contribution in [-0.2, 0) is 4.74 Å². The van der Waals surface area contributed by atoms with E-state index >= 15 is 0 Å². The molecule has 0 saturated carbocycles. The molecule has 0 aliphatic rings. The predicted molar refractivity (Wildman–Crippen MR) is 157 cm³/mol. The van der Waals surface area contributed by atoms with Crippen LogP contribution in [0, 0.1) is 0 Å². The van der Waals surface area contributed by atoms with E-state index in [2.05, 4.69) is 6.58 Å². The van der Waals surface area contributed by atoms with Crippen molar-refractivity contribution < 1.29 is 64.6 Å². The van der Waals surface area contributed by atoms with Crippen LogP contribution in [0.25, 0.3) is 22.3 Å². The van der Waals surface area contributed by atoms with Crippen LogP contribution >= 0.6 is 0 Å². The van der Waals surface area contributed by atoms with Crippen molar-refractivity contribution in [2.75, 3.05) is 6.61 Å². The first-order valence-electron chi connectivity index (χ1n) is 13.3. The Kier molecular flexibility index (Phi) is 9.42. The van der Waals surface area contributed by atoms with E-state index in [4.69, 9.17) is 13.9 Å². The first kappa shape index (κ1) is 32.5. The molecule has 0 amide bonds. The van der Waals surface area contributed by atoms with Crippen molar-refractivity contribution in [2.24, 2.45) is 0 Å². The molecule has 3 unspecified atom stereocenters. The first-order chi connectivity index (χ1) is 21.2. The number of benzene rings is 3. The summed E-state index contributed by atoms with van der Waals surface area (Å²) in [7, 11) is 0. The van der Waals surface area contributed by atoms with E-state index in [1.54, 1.807) is 0 Å². The van der Waals surface area contributed by atoms with Gasteiger partial charge in [0.15, 0.2) is 23.0 Å². The quantitative estimate of drug-likeness (QED) is 0.0659. The summed E-state index contributed by atoms with van der Waals surface area (Å²) in [5.41, 5.74) is -1.34. The molecular formula is C31H30O14. The number of fused-ring (bicyclic) bond motifs is 1. The summed E-state index contributed by atoms with van der Waals surface area (Å²) in [5, 5.41) is 90.0. The lowest BCUT2D eigenvalue weighted by molar-refractivity contribution is -0.0853. The normalized spacial score (nSPS) is 14.0. The molecule has 1 heterocycles. The molecule has 0 fully saturated rings. The third-order valence-electron chi connectivity index (χ3n) is 6.81. The number of phenolic OH excluding ortho intramolecular Hbond substituents is 6. The highest BCUT2D eigenvalue weighted by molar-refractivity contribution is 5.91. The van der Waals surface area contributed by atoms with E-state index in [1.807, 2.05) is 0 Å². The minimum Gasteiger partial charge on any atom is -0.508 e. The average molecular weight is 627 g/mol. The Bertz CT molecular complexity index is 1770. The third kappa shape index (κ3) is 6.88. The maximum atomic E-state index is 13.7. The zero-order chi connectivity index (χ0) is 33.2. The van der Waals surface area contributed by atoms with Gasteiger partial charge in [-0.05, 0) is 48.9 Å². The van der Waals surface area contributed by atoms with E-state index in [9.17, 15) is 55.5 Å². The molecule has 14 heteroatoms. The highest BCUT2D eigenvalue weighted by Gasteiger charge is 2.35. The molecule has 0 aliphatic carbocycles. The Balaban J connectivity index is 1.71. The molecule has 3 aromatic carbocycles. The molecule has 4 atom stereocenters. The number of carbonyl (C=O) groups excluding carboxylic acids is 1. The summed E-state index contributed by atoms with van der Waals surface area (Å²) in [4.78, 5) is 26.2. The van der Waals surface area contributed by atoms with Gasteiger partial charge in [-0.15, -0.1) is 0 Å². The fourth-order valence-electron chi connectivity index (χ4n) is 4.39. The smallest absolute Gasteiger partial charge is 0.338 e. The Hall–Kier alpha value is -5.44. The topological polar surface area (TPSA) is 248 Å². The molecule has 45 heavy (non-hydrogen) atoms. The molecule has 238 valence electrons. The Labute approximate surface area is 254 Å². The maximum Gasteiger partial charge on any atom is 0.338 e. The van der Waals surface area contributed by atoms with Gasteiger partial charge in [-0.2, -0.15) is 0 Å². The molecular weight excluding hydrogens is 596 g/mol. The molecule has 0 radical (unpaired) electrons. The maximum absolute atomic E-state index is 13.7. The van der Waals surface area contributed by atoms with Crippen molar-refractivity contribution in [3.8, 4) is 51.6 Å². The van der Waals surface area contributed by atoms with Crippen LogP contribution in [0.5, 0.6) is 40.2 Å². The molecule has 14 nitrogen and oxygen atoms in total. The molecule has 0 saturated heterocycles. The number of aromatic hydroxyl groups is 6. The molecule has 4 aromatic rings. The van der Waals surface area contributed by atoms with E-state index < -0.39 is 82.3 Å². The number of rotatable bonds is 11. The van der Waals surface area contributed by atoms with Crippen LogP contribution < -0.4 is 10.2 Å². The summed E-state index contributed by atoms with van der Waals surface area (Å²) in [6, 6.07) is 9.01. The summed E-state index contributed by atoms with van der Waals surface area (Å²) >= 11 is 0. The van der Waals surface area contributed by atoms with Gasteiger partial charge in [-0.1, -0.05) is 6.58 Å². The van der Waals surface area contributed by atoms with Gasteiger partial charge in [0.05, 0.1) is 18.3 Å². The highest BCUT2D eigenvalue weighted by atomic mass is 16.5. The largest absolute Gasteiger partial charge is 0.508 e. The standard InChI is InChI=1S/C31H30O14/c1-13(7-8-43-31(42)16-9-20(36)25(39)21(37)10-16)28(27(41)24(38)14(2)32)45-30-26(40)23-19(35)11-18(34)12-22(23)44-29(30)15-3-5-17(33)6-4-15/h3-6,9-12,14,24,27-28,32-39,41H,1,7-8H2,2H3/t14?,24?,27?,28-/m1/s1. The Morgan fingerprint density at radius 3 is 2.09 bits per heavy atom. The van der Waals surface area contributed by atoms with Gasteiger partial charge < -0.3 is 59.8 Å². The summed E-state index contributed by atoms with van der Waals surface area (Å²) in [6.07, 6.45) is -7.14. The molecule has 0 aliphatic heterocycles. The molecule has 4 rings (SSSR count). The van der Waals surface area contributed by atoms with Crippen LogP contribution in [0.2, 0.25) is 0 Å². The predicted octanol–water partition coefficient (Wildman–Crippen LogP) is 2.35. The van der Waals surface area contributed by atoms with Gasteiger partial charge in [0.1, 0.15) is 46.5 Å². The van der Waals surface area contributed by atoms with Gasteiger partial charge in [0.2, 0.25) is 11.2 Å². The minimum absolute atomic E-state index is 0.0440. The van der Waals surface area contributed by atoms with E-state index in [-0.39, 0.29) is 40.2 Å². The third-order valence-corrected chi connectivity index (χ3v) is 6.81. The first-order valence-corrected chi connectivity index (χ1v) is 13.3. The van der Waals surface area contributed by atoms with Gasteiger partial charge in [0, 0.05) is 24.1 Å². The fraction of sp³-hybridized carbons (Fsp3) is 0.226. The lowest BCUT2D eigenvalue weighted by Crippen LogP contribution is -2.47. The Morgan fingerprint density at radius 2 is 1.49 bits per heavy atom. The number of hydrogen-bond acceptors (Lipinski definition) is 14. The highest BCUT2D eigenvalue weighted by Crippen LogP contribution is 2.38. The van der Waals surface area contributed by atoms with E-state index in [0.29, 0.717) is 0 Å². The van der Waals surface area contributed by atoms with Crippen molar-refractivity contribution in [3.05, 3.63) is 76.5 Å². The Morgan fingerprint density at radius 1 is 0.867 bits per heavy atom. The average Bonchev–Trinajstić information content (AvgIpc) is 2.98. The van der Waals surface area contributed by atoms with Crippen LogP contribution in [0.3, 0.4) is 0 Å². The molecule has 1 aromatic heterocycles. The molecule has 9 N–H and O–H groups in total. The summed E-state index contributed by atoms with van der Waals surface area (Å²) < 4.78 is 16.9. The van der Waals surface area contributed by atoms with Crippen LogP contribution in [-0.4, -0.2) is 83.0 Å². The fourth-order valence-corrected chi connectivity index (χ4v) is 4.39. The lowest BCUT2D eigenvalue weighted by atomic mass is 9.96. The van der Waals surface area contributed by atoms with Crippen molar-refractivity contribution in [2.45, 2.75) is 37.8 Å². The summed E-state index contributed by atoms with van der Waals surface area (Å²) in [5.74, 6) is -5.41.